The second-order valence-corrected chi connectivity index (χ2v) is 6.05. The van der Waals surface area contributed by atoms with E-state index in [0.717, 1.165) is 0 Å². The number of alkyl carbamates (subject to hydrolysis) is 1. The second-order valence-electron chi connectivity index (χ2n) is 6.05. The Morgan fingerprint density at radius 2 is 2.00 bits per heavy atom. The largest absolute Gasteiger partial charge is 0.478 e. The molecular formula is C15H22N2O5. The molecule has 0 aliphatic heterocycles. The van der Waals surface area contributed by atoms with Crippen LogP contribution in [0.4, 0.5) is 4.79 Å². The number of carboxylic acids is 1. The van der Waals surface area contributed by atoms with Crippen molar-refractivity contribution < 1.29 is 24.2 Å². The molecule has 0 bridgehead atoms. The summed E-state index contributed by atoms with van der Waals surface area (Å²) in [6, 6.07) is -1.20. The number of hydrogen-bond donors (Lipinski definition) is 3. The van der Waals surface area contributed by atoms with Crippen LogP contribution >= 0.6 is 0 Å². The summed E-state index contributed by atoms with van der Waals surface area (Å²) < 4.78 is 5.07. The molecule has 3 N–H and O–H groups in total. The zero-order valence-corrected chi connectivity index (χ0v) is 13.2. The summed E-state index contributed by atoms with van der Waals surface area (Å²) in [5, 5.41) is 14.0. The van der Waals surface area contributed by atoms with Crippen molar-refractivity contribution in [1.29, 1.82) is 0 Å². The van der Waals surface area contributed by atoms with E-state index in [4.69, 9.17) is 9.84 Å². The third kappa shape index (κ3) is 5.99. The molecule has 0 fully saturated rings. The van der Waals surface area contributed by atoms with Crippen LogP contribution in [0.3, 0.4) is 0 Å². The molecule has 2 unspecified atom stereocenters. The van der Waals surface area contributed by atoms with Gasteiger partial charge in [0.1, 0.15) is 11.6 Å². The molecule has 2 atom stereocenters. The molecule has 7 nitrogen and oxygen atoms in total. The number of hydrogen-bond acceptors (Lipinski definition) is 4. The van der Waals surface area contributed by atoms with Gasteiger partial charge in [-0.1, -0.05) is 12.2 Å². The first-order valence-electron chi connectivity index (χ1n) is 7.00. The maximum Gasteiger partial charge on any atom is 0.408 e. The zero-order chi connectivity index (χ0) is 16.9. The summed E-state index contributed by atoms with van der Waals surface area (Å²) in [6.45, 7) is 6.71. The Morgan fingerprint density at radius 3 is 2.55 bits per heavy atom. The molecule has 1 aliphatic rings. The average molecular weight is 310 g/mol. The van der Waals surface area contributed by atoms with Gasteiger partial charge in [-0.25, -0.2) is 9.59 Å². The number of carbonyl (C=O) groups is 3. The molecule has 0 radical (unpaired) electrons. The van der Waals surface area contributed by atoms with Crippen molar-refractivity contribution in [3.8, 4) is 0 Å². The topological polar surface area (TPSA) is 105 Å². The fourth-order valence-electron chi connectivity index (χ4n) is 1.78. The fraction of sp³-hybridized carbons (Fsp3) is 0.533. The highest BCUT2D eigenvalue weighted by molar-refractivity contribution is 5.91. The van der Waals surface area contributed by atoms with Crippen LogP contribution in [0.2, 0.25) is 0 Å². The van der Waals surface area contributed by atoms with Crippen LogP contribution < -0.4 is 10.6 Å². The van der Waals surface area contributed by atoms with Gasteiger partial charge in [0.2, 0.25) is 5.91 Å². The standard InChI is InChI=1S/C15H22N2O5/c1-9(16-14(21)22-15(2,3)4)12(18)17-11-7-5-6-10(8-11)13(19)20/h5-6,8-9,11H,7H2,1-4H3,(H,16,21)(H,17,18)(H,19,20). The molecule has 1 rings (SSSR count). The van der Waals surface area contributed by atoms with Crippen molar-refractivity contribution in [1.82, 2.24) is 10.6 Å². The zero-order valence-electron chi connectivity index (χ0n) is 13.2. The van der Waals surface area contributed by atoms with E-state index in [1.807, 2.05) is 0 Å². The van der Waals surface area contributed by atoms with Crippen LogP contribution in [0.1, 0.15) is 34.1 Å². The van der Waals surface area contributed by atoms with E-state index in [1.165, 1.54) is 19.1 Å². The highest BCUT2D eigenvalue weighted by atomic mass is 16.6. The van der Waals surface area contributed by atoms with Crippen molar-refractivity contribution >= 4 is 18.0 Å². The van der Waals surface area contributed by atoms with Crippen LogP contribution in [0.5, 0.6) is 0 Å². The van der Waals surface area contributed by atoms with Gasteiger partial charge in [0.25, 0.3) is 0 Å². The molecular weight excluding hydrogens is 288 g/mol. The molecule has 122 valence electrons. The van der Waals surface area contributed by atoms with Gasteiger partial charge in [-0.2, -0.15) is 0 Å². The lowest BCUT2D eigenvalue weighted by Gasteiger charge is -2.23. The predicted octanol–water partition coefficient (Wildman–Crippen LogP) is 1.36. The Bertz CT molecular complexity index is 517. The third-order valence-electron chi connectivity index (χ3n) is 2.77. The van der Waals surface area contributed by atoms with Gasteiger partial charge in [-0.3, -0.25) is 4.79 Å². The van der Waals surface area contributed by atoms with Crippen LogP contribution in [-0.2, 0) is 14.3 Å². The second kappa shape index (κ2) is 7.11. The summed E-state index contributed by atoms with van der Waals surface area (Å²) in [5.41, 5.74) is -0.516. The first kappa shape index (κ1) is 17.7. The van der Waals surface area contributed by atoms with E-state index >= 15 is 0 Å². The Kier molecular flexibility index (Phi) is 5.73. The van der Waals surface area contributed by atoms with Crippen molar-refractivity contribution in [3.63, 3.8) is 0 Å². The van der Waals surface area contributed by atoms with Crippen LogP contribution in [0, 0.1) is 0 Å². The Morgan fingerprint density at radius 1 is 1.36 bits per heavy atom. The Labute approximate surface area is 129 Å². The molecule has 0 spiro atoms. The molecule has 1 aliphatic carbocycles. The monoisotopic (exact) mass is 310 g/mol. The first-order chi connectivity index (χ1) is 10.1. The molecule has 22 heavy (non-hydrogen) atoms. The molecule has 7 heteroatoms. The summed E-state index contributed by atoms with van der Waals surface area (Å²) in [7, 11) is 0. The molecule has 0 saturated heterocycles. The number of nitrogens with one attached hydrogen (secondary N) is 2. The van der Waals surface area contributed by atoms with Crippen molar-refractivity contribution in [2.75, 3.05) is 0 Å². The fourth-order valence-corrected chi connectivity index (χ4v) is 1.78. The highest BCUT2D eigenvalue weighted by Gasteiger charge is 2.23. The summed E-state index contributed by atoms with van der Waals surface area (Å²) in [6.07, 6.45) is 4.47. The minimum atomic E-state index is -1.05. The van der Waals surface area contributed by atoms with Gasteiger partial charge in [-0.05, 0) is 40.2 Å². The number of rotatable bonds is 4. The SMILES string of the molecule is CC(NC(=O)OC(C)(C)C)C(=O)NC1C=C(C(=O)O)C=CC1. The lowest BCUT2D eigenvalue weighted by Crippen LogP contribution is -2.49. The quantitative estimate of drug-likeness (QED) is 0.727. The van der Waals surface area contributed by atoms with Crippen molar-refractivity contribution in [2.24, 2.45) is 0 Å². The minimum Gasteiger partial charge on any atom is -0.478 e. The van der Waals surface area contributed by atoms with Gasteiger partial charge < -0.3 is 20.5 Å². The number of carbonyl (C=O) groups excluding carboxylic acids is 2. The Hall–Kier alpha value is -2.31. The Balaban J connectivity index is 2.53. The normalized spacial score (nSPS) is 18.9. The van der Waals surface area contributed by atoms with Gasteiger partial charge in [0.05, 0.1) is 11.6 Å². The maximum atomic E-state index is 12.0. The van der Waals surface area contributed by atoms with Gasteiger partial charge in [0, 0.05) is 0 Å². The third-order valence-corrected chi connectivity index (χ3v) is 2.77. The molecule has 0 aromatic carbocycles. The predicted molar refractivity (Wildman–Crippen MR) is 80.2 cm³/mol. The van der Waals surface area contributed by atoms with Gasteiger partial charge in [0.15, 0.2) is 0 Å². The minimum absolute atomic E-state index is 0.129. The van der Waals surface area contributed by atoms with E-state index in [-0.39, 0.29) is 5.57 Å². The lowest BCUT2D eigenvalue weighted by molar-refractivity contribution is -0.132. The van der Waals surface area contributed by atoms with Crippen LogP contribution in [0.25, 0.3) is 0 Å². The first-order valence-corrected chi connectivity index (χ1v) is 7.00. The van der Waals surface area contributed by atoms with Crippen molar-refractivity contribution in [2.45, 2.75) is 51.8 Å². The van der Waals surface area contributed by atoms with Crippen LogP contribution in [0.15, 0.2) is 23.8 Å². The van der Waals surface area contributed by atoms with E-state index < -0.39 is 35.7 Å². The van der Waals surface area contributed by atoms with Gasteiger partial charge in [-0.15, -0.1) is 0 Å². The lowest BCUT2D eigenvalue weighted by atomic mass is 10.0. The molecule has 0 heterocycles. The number of aliphatic carboxylic acids is 1. The van der Waals surface area contributed by atoms with E-state index in [9.17, 15) is 14.4 Å². The molecule has 0 aromatic heterocycles. The molecule has 0 aromatic rings. The highest BCUT2D eigenvalue weighted by Crippen LogP contribution is 2.11. The van der Waals surface area contributed by atoms with Crippen LogP contribution in [-0.4, -0.2) is 40.8 Å². The van der Waals surface area contributed by atoms with E-state index in [1.54, 1.807) is 26.8 Å². The summed E-state index contributed by atoms with van der Waals surface area (Å²) in [4.78, 5) is 34.5. The number of ether oxygens (including phenoxy) is 1. The number of amides is 2. The molecule has 0 saturated carbocycles. The van der Waals surface area contributed by atoms with Crippen molar-refractivity contribution in [3.05, 3.63) is 23.8 Å². The maximum absolute atomic E-state index is 12.0. The van der Waals surface area contributed by atoms with E-state index in [0.29, 0.717) is 6.42 Å². The summed E-state index contributed by atoms with van der Waals surface area (Å²) >= 11 is 0. The summed E-state index contributed by atoms with van der Waals surface area (Å²) in [5.74, 6) is -1.46. The smallest absolute Gasteiger partial charge is 0.408 e. The van der Waals surface area contributed by atoms with E-state index in [2.05, 4.69) is 10.6 Å². The molecule has 2 amide bonds. The average Bonchev–Trinajstić information content (AvgIpc) is 2.36. The van der Waals surface area contributed by atoms with Gasteiger partial charge >= 0.3 is 12.1 Å². The number of carboxylic acid groups (broad SMARTS) is 1.